The van der Waals surface area contributed by atoms with Crippen LogP contribution in [-0.2, 0) is 15.2 Å². The summed E-state index contributed by atoms with van der Waals surface area (Å²) in [5.41, 5.74) is 0.970. The molecule has 1 aliphatic heterocycles. The SMILES string of the molecule is OC(c1ccc(OCCOc2ccc(-c3ccc(C(F)(F)F)cc3)cc2)cn1)[P]1(O)OCCO1. The van der Waals surface area contributed by atoms with Crippen molar-refractivity contribution in [1.82, 2.24) is 4.98 Å². The molecule has 4 rings (SSSR count). The highest BCUT2D eigenvalue weighted by molar-refractivity contribution is 7.60. The van der Waals surface area contributed by atoms with Gasteiger partial charge in [0.1, 0.15) is 24.7 Å². The normalized spacial score (nSPS) is 16.3. The summed E-state index contributed by atoms with van der Waals surface area (Å²) in [5, 5.41) is 10.2. The minimum atomic E-state index is -4.36. The van der Waals surface area contributed by atoms with Crippen molar-refractivity contribution in [2.45, 2.75) is 12.0 Å². The number of alkyl halides is 3. The summed E-state index contributed by atoms with van der Waals surface area (Å²) >= 11 is 0. The monoisotopic (exact) mass is 496 g/mol. The van der Waals surface area contributed by atoms with E-state index in [0.29, 0.717) is 17.1 Å². The summed E-state index contributed by atoms with van der Waals surface area (Å²) < 4.78 is 59.5. The molecular formula is C23H22F3NO6P. The molecule has 181 valence electrons. The first kappa shape index (κ1) is 24.4. The Labute approximate surface area is 194 Å². The number of halogens is 3. The van der Waals surface area contributed by atoms with Gasteiger partial charge < -0.3 is 28.5 Å². The molecule has 7 nitrogen and oxygen atoms in total. The molecule has 1 saturated heterocycles. The van der Waals surface area contributed by atoms with Gasteiger partial charge in [-0.05, 0) is 47.5 Å². The topological polar surface area (TPSA) is 90.3 Å². The third-order valence-electron chi connectivity index (χ3n) is 4.99. The molecule has 1 aromatic heterocycles. The van der Waals surface area contributed by atoms with Crippen molar-refractivity contribution in [3.8, 4) is 22.6 Å². The van der Waals surface area contributed by atoms with Gasteiger partial charge in [0.05, 0.1) is 30.7 Å². The van der Waals surface area contributed by atoms with E-state index < -0.39 is 25.5 Å². The maximum Gasteiger partial charge on any atom is 0.416 e. The highest BCUT2D eigenvalue weighted by Gasteiger charge is 2.42. The van der Waals surface area contributed by atoms with Gasteiger partial charge in [-0.1, -0.05) is 24.3 Å². The molecule has 0 amide bonds. The number of nitrogens with zero attached hydrogens (tertiary/aromatic N) is 1. The lowest BCUT2D eigenvalue weighted by atomic mass is 10.0. The Balaban J connectivity index is 1.24. The Morgan fingerprint density at radius 2 is 1.38 bits per heavy atom. The van der Waals surface area contributed by atoms with E-state index in [-0.39, 0.29) is 32.1 Å². The molecule has 0 bridgehead atoms. The number of aliphatic hydroxyl groups excluding tert-OH is 1. The average Bonchev–Trinajstić information content (AvgIpc) is 3.29. The Hall–Kier alpha value is -2.75. The molecule has 2 aromatic carbocycles. The van der Waals surface area contributed by atoms with Crippen LogP contribution >= 0.6 is 7.94 Å². The third-order valence-corrected chi connectivity index (χ3v) is 6.98. The summed E-state index contributed by atoms with van der Waals surface area (Å²) in [4.78, 5) is 14.3. The molecule has 0 spiro atoms. The van der Waals surface area contributed by atoms with Crippen molar-refractivity contribution in [2.24, 2.45) is 0 Å². The minimum absolute atomic E-state index is 0.217. The van der Waals surface area contributed by atoms with Crippen molar-refractivity contribution in [3.05, 3.63) is 78.1 Å². The predicted octanol–water partition coefficient (Wildman–Crippen LogP) is 5.02. The molecule has 2 heterocycles. The van der Waals surface area contributed by atoms with E-state index in [0.717, 1.165) is 17.7 Å². The molecule has 1 unspecified atom stereocenters. The van der Waals surface area contributed by atoms with Crippen molar-refractivity contribution in [3.63, 3.8) is 0 Å². The molecule has 0 aliphatic carbocycles. The van der Waals surface area contributed by atoms with Crippen molar-refractivity contribution in [1.29, 1.82) is 0 Å². The Morgan fingerprint density at radius 1 is 0.853 bits per heavy atom. The van der Waals surface area contributed by atoms with Gasteiger partial charge in [0.15, 0.2) is 5.85 Å². The van der Waals surface area contributed by atoms with Gasteiger partial charge in [-0.25, -0.2) is 0 Å². The van der Waals surface area contributed by atoms with E-state index in [9.17, 15) is 23.2 Å². The second-order valence-corrected chi connectivity index (χ2v) is 9.45. The molecule has 0 saturated carbocycles. The van der Waals surface area contributed by atoms with E-state index in [1.165, 1.54) is 24.4 Å². The number of benzene rings is 2. The highest BCUT2D eigenvalue weighted by Crippen LogP contribution is 2.69. The highest BCUT2D eigenvalue weighted by atomic mass is 31.2. The second kappa shape index (κ2) is 10.2. The fraction of sp³-hybridized carbons (Fsp3) is 0.261. The van der Waals surface area contributed by atoms with E-state index >= 15 is 0 Å². The maximum absolute atomic E-state index is 12.7. The predicted molar refractivity (Wildman–Crippen MR) is 118 cm³/mol. The van der Waals surface area contributed by atoms with Gasteiger partial charge in [-0.15, -0.1) is 0 Å². The van der Waals surface area contributed by atoms with Crippen LogP contribution < -0.4 is 9.47 Å². The lowest BCUT2D eigenvalue weighted by Crippen LogP contribution is -2.10. The Kier molecular flexibility index (Phi) is 7.35. The number of pyridine rings is 1. The van der Waals surface area contributed by atoms with Gasteiger partial charge in [0.25, 0.3) is 7.94 Å². The molecule has 1 radical (unpaired) electrons. The Morgan fingerprint density at radius 3 is 1.91 bits per heavy atom. The van der Waals surface area contributed by atoms with Crippen LogP contribution in [0, 0.1) is 0 Å². The maximum atomic E-state index is 12.7. The van der Waals surface area contributed by atoms with Gasteiger partial charge in [-0.2, -0.15) is 13.2 Å². The average molecular weight is 496 g/mol. The second-order valence-electron chi connectivity index (χ2n) is 7.32. The fourth-order valence-corrected chi connectivity index (χ4v) is 4.74. The largest absolute Gasteiger partial charge is 0.490 e. The van der Waals surface area contributed by atoms with E-state index in [1.807, 2.05) is 0 Å². The van der Waals surface area contributed by atoms with Gasteiger partial charge in [-0.3, -0.25) is 4.98 Å². The third kappa shape index (κ3) is 5.84. The lowest BCUT2D eigenvalue weighted by molar-refractivity contribution is -0.137. The van der Waals surface area contributed by atoms with E-state index in [4.69, 9.17) is 18.5 Å². The number of hydrogen-bond acceptors (Lipinski definition) is 7. The van der Waals surface area contributed by atoms with E-state index in [1.54, 1.807) is 30.3 Å². The van der Waals surface area contributed by atoms with Crippen LogP contribution in [0.25, 0.3) is 11.1 Å². The lowest BCUT2D eigenvalue weighted by Gasteiger charge is -2.26. The molecule has 3 aromatic rings. The van der Waals surface area contributed by atoms with Crippen LogP contribution in [0.2, 0.25) is 0 Å². The zero-order valence-corrected chi connectivity index (χ0v) is 18.7. The van der Waals surface area contributed by atoms with Crippen molar-refractivity contribution in [2.75, 3.05) is 26.4 Å². The first-order chi connectivity index (χ1) is 16.2. The van der Waals surface area contributed by atoms with Crippen LogP contribution in [0.4, 0.5) is 13.2 Å². The van der Waals surface area contributed by atoms with Crippen molar-refractivity contribution < 1.29 is 41.7 Å². The smallest absolute Gasteiger partial charge is 0.416 e. The first-order valence-corrected chi connectivity index (χ1v) is 12.0. The van der Waals surface area contributed by atoms with Gasteiger partial charge in [0.2, 0.25) is 0 Å². The molecular weight excluding hydrogens is 474 g/mol. The number of rotatable bonds is 8. The summed E-state index contributed by atoms with van der Waals surface area (Å²) in [5.74, 6) is -0.307. The molecule has 1 aliphatic rings. The Bertz CT molecular complexity index is 1070. The number of aliphatic hydroxyl groups is 1. The summed E-state index contributed by atoms with van der Waals surface area (Å²) in [7, 11) is -3.35. The minimum Gasteiger partial charge on any atom is -0.490 e. The van der Waals surface area contributed by atoms with E-state index in [2.05, 4.69) is 4.98 Å². The fourth-order valence-electron chi connectivity index (χ4n) is 3.23. The van der Waals surface area contributed by atoms with Crippen LogP contribution in [0.15, 0.2) is 66.9 Å². The van der Waals surface area contributed by atoms with Gasteiger partial charge in [0, 0.05) is 0 Å². The van der Waals surface area contributed by atoms with Gasteiger partial charge >= 0.3 is 6.18 Å². The molecule has 2 N–H and O–H groups in total. The molecule has 34 heavy (non-hydrogen) atoms. The van der Waals surface area contributed by atoms with Crippen LogP contribution in [0.3, 0.4) is 0 Å². The summed E-state index contributed by atoms with van der Waals surface area (Å²) in [6.45, 7) is 0.922. The quantitative estimate of drug-likeness (QED) is 0.335. The van der Waals surface area contributed by atoms with Crippen LogP contribution in [0.1, 0.15) is 17.1 Å². The summed E-state index contributed by atoms with van der Waals surface area (Å²) in [6, 6.07) is 15.1. The number of ether oxygens (including phenoxy) is 2. The first-order valence-electron chi connectivity index (χ1n) is 10.3. The molecule has 11 heteroatoms. The van der Waals surface area contributed by atoms with Crippen molar-refractivity contribution >= 4 is 7.94 Å². The summed E-state index contributed by atoms with van der Waals surface area (Å²) in [6.07, 6.45) is -2.94. The number of aromatic nitrogens is 1. The van der Waals surface area contributed by atoms with Crippen LogP contribution in [0.5, 0.6) is 11.5 Å². The number of hydrogen-bond donors (Lipinski definition) is 2. The molecule has 1 atom stereocenters. The van der Waals surface area contributed by atoms with Crippen LogP contribution in [-0.4, -0.2) is 41.4 Å². The standard InChI is InChI=1S/C23H22F3NO6P/c24-23(25,26)18-5-1-16(2-6-18)17-3-7-19(8-4-17)30-11-12-31-20-9-10-21(27-15-20)22(28)34(29)32-13-14-33-34/h1-10,15,22,28-29H,11-14H2. The molecule has 1 fully saturated rings. The zero-order chi connectivity index (χ0) is 24.2. The zero-order valence-electron chi connectivity index (χ0n) is 17.8.